The molecule has 0 saturated carbocycles. The highest BCUT2D eigenvalue weighted by Crippen LogP contribution is 2.27. The molecule has 0 heterocycles. The molecule has 20 heavy (non-hydrogen) atoms. The van der Waals surface area contributed by atoms with Gasteiger partial charge in [0.05, 0.1) is 10.0 Å². The van der Waals surface area contributed by atoms with Crippen LogP contribution in [0.1, 0.15) is 12.5 Å². The second-order valence-corrected chi connectivity index (χ2v) is 5.66. The molecule has 0 bridgehead atoms. The molecule has 0 aromatic heterocycles. The van der Waals surface area contributed by atoms with Gasteiger partial charge in [-0.25, -0.2) is 4.79 Å². The molecule has 0 amide bonds. The molecule has 0 radical (unpaired) electrons. The Morgan fingerprint density at radius 1 is 1.35 bits per heavy atom. The van der Waals surface area contributed by atoms with Gasteiger partial charge in [-0.05, 0) is 30.9 Å². The van der Waals surface area contributed by atoms with Crippen LogP contribution in [0.3, 0.4) is 0 Å². The SMILES string of the molecule is CSCCOC(=O)C(=Cc1cccc(Cl)c1Cl)C(C)=O. The Morgan fingerprint density at radius 3 is 2.65 bits per heavy atom. The van der Waals surface area contributed by atoms with E-state index in [2.05, 4.69) is 0 Å². The molecule has 0 aliphatic rings. The number of benzene rings is 1. The maximum atomic E-state index is 11.9. The molecular weight excluding hydrogens is 319 g/mol. The third-order valence-corrected chi connectivity index (χ3v) is 3.81. The van der Waals surface area contributed by atoms with Gasteiger partial charge >= 0.3 is 5.97 Å². The highest BCUT2D eigenvalue weighted by Gasteiger charge is 2.17. The number of esters is 1. The monoisotopic (exact) mass is 332 g/mol. The first-order valence-corrected chi connectivity index (χ1v) is 7.95. The standard InChI is InChI=1S/C14H14Cl2O3S/c1-9(17)11(14(18)19-6-7-20-2)8-10-4-3-5-12(15)13(10)16/h3-5,8H,6-7H2,1-2H3. The third-order valence-electron chi connectivity index (χ3n) is 2.40. The van der Waals surface area contributed by atoms with Crippen molar-refractivity contribution in [2.24, 2.45) is 0 Å². The Labute approximate surface area is 132 Å². The van der Waals surface area contributed by atoms with E-state index in [1.807, 2.05) is 6.26 Å². The Morgan fingerprint density at radius 2 is 2.05 bits per heavy atom. The van der Waals surface area contributed by atoms with Gasteiger partial charge in [-0.2, -0.15) is 11.8 Å². The highest BCUT2D eigenvalue weighted by molar-refractivity contribution is 7.98. The van der Waals surface area contributed by atoms with Crippen LogP contribution in [-0.2, 0) is 14.3 Å². The number of Topliss-reactive ketones (excluding diaryl/α,β-unsaturated/α-hetero) is 1. The highest BCUT2D eigenvalue weighted by atomic mass is 35.5. The van der Waals surface area contributed by atoms with Crippen molar-refractivity contribution in [1.29, 1.82) is 0 Å². The third kappa shape index (κ3) is 4.85. The number of rotatable bonds is 6. The average molecular weight is 333 g/mol. The molecule has 0 saturated heterocycles. The summed E-state index contributed by atoms with van der Waals surface area (Å²) < 4.78 is 5.02. The summed E-state index contributed by atoms with van der Waals surface area (Å²) in [6.07, 6.45) is 3.30. The largest absolute Gasteiger partial charge is 0.461 e. The van der Waals surface area contributed by atoms with Crippen molar-refractivity contribution in [1.82, 2.24) is 0 Å². The molecule has 0 spiro atoms. The second-order valence-electron chi connectivity index (χ2n) is 3.89. The number of ketones is 1. The summed E-state index contributed by atoms with van der Waals surface area (Å²) in [5, 5.41) is 0.656. The molecule has 1 aromatic carbocycles. The van der Waals surface area contributed by atoms with E-state index in [1.165, 1.54) is 13.0 Å². The van der Waals surface area contributed by atoms with Gasteiger partial charge in [0.25, 0.3) is 0 Å². The summed E-state index contributed by atoms with van der Waals surface area (Å²) in [7, 11) is 0. The van der Waals surface area contributed by atoms with Crippen LogP contribution in [0, 0.1) is 0 Å². The van der Waals surface area contributed by atoms with Crippen LogP contribution in [-0.4, -0.2) is 30.4 Å². The fourth-order valence-corrected chi connectivity index (χ4v) is 2.00. The van der Waals surface area contributed by atoms with Gasteiger partial charge in [0.2, 0.25) is 0 Å². The van der Waals surface area contributed by atoms with Crippen molar-refractivity contribution in [2.75, 3.05) is 18.6 Å². The van der Waals surface area contributed by atoms with Gasteiger partial charge in [-0.3, -0.25) is 4.79 Å². The van der Waals surface area contributed by atoms with E-state index in [0.717, 1.165) is 0 Å². The summed E-state index contributed by atoms with van der Waals surface area (Å²) in [6, 6.07) is 4.99. The molecule has 0 atom stereocenters. The predicted molar refractivity (Wildman–Crippen MR) is 84.5 cm³/mol. The average Bonchev–Trinajstić information content (AvgIpc) is 2.40. The van der Waals surface area contributed by atoms with Gasteiger partial charge in [0, 0.05) is 5.75 Å². The van der Waals surface area contributed by atoms with E-state index in [0.29, 0.717) is 21.4 Å². The van der Waals surface area contributed by atoms with Crippen LogP contribution in [0.4, 0.5) is 0 Å². The molecule has 0 unspecified atom stereocenters. The lowest BCUT2D eigenvalue weighted by molar-refractivity contribution is -0.139. The zero-order chi connectivity index (χ0) is 15.1. The van der Waals surface area contributed by atoms with E-state index in [4.69, 9.17) is 27.9 Å². The zero-order valence-corrected chi connectivity index (χ0v) is 13.4. The van der Waals surface area contributed by atoms with Gasteiger partial charge < -0.3 is 4.74 Å². The normalized spacial score (nSPS) is 11.3. The fourth-order valence-electron chi connectivity index (χ4n) is 1.39. The predicted octanol–water partition coefficient (Wildman–Crippen LogP) is 3.87. The van der Waals surface area contributed by atoms with Gasteiger partial charge in [0.15, 0.2) is 5.78 Å². The number of hydrogen-bond donors (Lipinski definition) is 0. The number of ether oxygens (including phenoxy) is 1. The molecule has 6 heteroatoms. The summed E-state index contributed by atoms with van der Waals surface area (Å²) >= 11 is 13.5. The van der Waals surface area contributed by atoms with E-state index in [9.17, 15) is 9.59 Å². The first kappa shape index (κ1) is 17.1. The van der Waals surface area contributed by atoms with Crippen LogP contribution in [0.5, 0.6) is 0 Å². The smallest absolute Gasteiger partial charge is 0.341 e. The van der Waals surface area contributed by atoms with Crippen LogP contribution in [0.15, 0.2) is 23.8 Å². The van der Waals surface area contributed by atoms with Crippen molar-refractivity contribution < 1.29 is 14.3 Å². The molecule has 0 fully saturated rings. The number of hydrogen-bond acceptors (Lipinski definition) is 4. The molecule has 0 N–H and O–H groups in total. The van der Waals surface area contributed by atoms with Crippen molar-refractivity contribution in [3.63, 3.8) is 0 Å². The first-order valence-electron chi connectivity index (χ1n) is 5.80. The number of carbonyl (C=O) groups is 2. The van der Waals surface area contributed by atoms with Gasteiger partial charge in [-0.15, -0.1) is 0 Å². The summed E-state index contributed by atoms with van der Waals surface area (Å²) in [4.78, 5) is 23.4. The molecule has 1 aromatic rings. The minimum Gasteiger partial charge on any atom is -0.461 e. The topological polar surface area (TPSA) is 43.4 Å². The minimum atomic E-state index is -0.650. The van der Waals surface area contributed by atoms with Crippen LogP contribution >= 0.6 is 35.0 Å². The van der Waals surface area contributed by atoms with Gasteiger partial charge in [0.1, 0.15) is 12.2 Å². The van der Waals surface area contributed by atoms with Crippen molar-refractivity contribution >= 4 is 52.8 Å². The first-order chi connectivity index (χ1) is 9.47. The molecule has 0 aliphatic carbocycles. The Bertz CT molecular complexity index is 541. The Kier molecular flexibility index (Phi) is 7.13. The van der Waals surface area contributed by atoms with Crippen molar-refractivity contribution in [3.05, 3.63) is 39.4 Å². The Balaban J connectivity index is 3.01. The van der Waals surface area contributed by atoms with Crippen LogP contribution in [0.2, 0.25) is 10.0 Å². The maximum Gasteiger partial charge on any atom is 0.341 e. The molecule has 108 valence electrons. The van der Waals surface area contributed by atoms with E-state index < -0.39 is 5.97 Å². The summed E-state index contributed by atoms with van der Waals surface area (Å²) in [5.41, 5.74) is 0.460. The molecular formula is C14H14Cl2O3S. The number of carbonyl (C=O) groups excluding carboxylic acids is 2. The summed E-state index contributed by atoms with van der Waals surface area (Å²) in [5.74, 6) is -0.354. The second kappa shape index (κ2) is 8.35. The van der Waals surface area contributed by atoms with Crippen molar-refractivity contribution in [2.45, 2.75) is 6.92 Å². The van der Waals surface area contributed by atoms with E-state index in [-0.39, 0.29) is 18.0 Å². The van der Waals surface area contributed by atoms with Gasteiger partial charge in [-0.1, -0.05) is 35.3 Å². The van der Waals surface area contributed by atoms with Crippen LogP contribution in [0.25, 0.3) is 6.08 Å². The molecule has 1 rings (SSSR count). The van der Waals surface area contributed by atoms with E-state index >= 15 is 0 Å². The minimum absolute atomic E-state index is 0.0460. The molecule has 3 nitrogen and oxygen atoms in total. The number of thioether (sulfide) groups is 1. The lowest BCUT2D eigenvalue weighted by atomic mass is 10.1. The fraction of sp³-hybridized carbons (Fsp3) is 0.286. The van der Waals surface area contributed by atoms with Crippen molar-refractivity contribution in [3.8, 4) is 0 Å². The quantitative estimate of drug-likeness (QED) is 0.261. The van der Waals surface area contributed by atoms with E-state index in [1.54, 1.807) is 30.0 Å². The lowest BCUT2D eigenvalue weighted by Gasteiger charge is -2.06. The summed E-state index contributed by atoms with van der Waals surface area (Å²) in [6.45, 7) is 1.56. The Hall–Kier alpha value is -0.970. The lowest BCUT2D eigenvalue weighted by Crippen LogP contribution is -2.15. The number of halogens is 2. The maximum absolute atomic E-state index is 11.9. The van der Waals surface area contributed by atoms with Crippen LogP contribution < -0.4 is 0 Å². The molecule has 0 aliphatic heterocycles. The zero-order valence-electron chi connectivity index (χ0n) is 11.1.